The Morgan fingerprint density at radius 3 is 2.42 bits per heavy atom. The molecule has 0 spiro atoms. The quantitative estimate of drug-likeness (QED) is 0.734. The Kier molecular flexibility index (Phi) is 7.02. The number of ether oxygens (including phenoxy) is 3. The highest BCUT2D eigenvalue weighted by molar-refractivity contribution is 5.95. The molecule has 26 heavy (non-hydrogen) atoms. The summed E-state index contributed by atoms with van der Waals surface area (Å²) in [6.07, 6.45) is -0.836. The van der Waals surface area contributed by atoms with Crippen molar-refractivity contribution in [3.8, 4) is 11.5 Å². The molecule has 0 aromatic heterocycles. The lowest BCUT2D eigenvalue weighted by atomic mass is 10.2. The van der Waals surface area contributed by atoms with Crippen LogP contribution in [0.2, 0.25) is 0 Å². The van der Waals surface area contributed by atoms with Crippen molar-refractivity contribution in [2.24, 2.45) is 0 Å². The topological polar surface area (TPSA) is 73.9 Å². The number of aryl methyl sites for hydroxylation is 1. The molecule has 1 atom stereocenters. The molecule has 138 valence electrons. The molecule has 0 fully saturated rings. The first-order valence-electron chi connectivity index (χ1n) is 8.32. The predicted molar refractivity (Wildman–Crippen MR) is 98.5 cm³/mol. The number of carbonyl (C=O) groups excluding carboxylic acids is 2. The highest BCUT2D eigenvalue weighted by Crippen LogP contribution is 2.17. The van der Waals surface area contributed by atoms with Crippen LogP contribution < -0.4 is 14.8 Å². The van der Waals surface area contributed by atoms with E-state index in [1.54, 1.807) is 31.4 Å². The molecule has 2 rings (SSSR count). The molecular formula is C20H23NO5. The average Bonchev–Trinajstić information content (AvgIpc) is 2.64. The Morgan fingerprint density at radius 1 is 1.08 bits per heavy atom. The zero-order chi connectivity index (χ0) is 18.9. The van der Waals surface area contributed by atoms with Crippen LogP contribution in [0.5, 0.6) is 11.5 Å². The van der Waals surface area contributed by atoms with Gasteiger partial charge in [0.1, 0.15) is 11.5 Å². The van der Waals surface area contributed by atoms with Crippen LogP contribution in [0.4, 0.5) is 5.69 Å². The summed E-state index contributed by atoms with van der Waals surface area (Å²) in [7, 11) is 1.57. The maximum Gasteiger partial charge on any atom is 0.310 e. The standard InChI is InChI=1S/C20H23NO5/c1-14-6-4-5-7-18(14)25-13-12-19(22)26-15(2)20(23)21-16-8-10-17(24-3)11-9-16/h4-11,15H,12-13H2,1-3H3,(H,21,23)/t15-/m0/s1. The van der Waals surface area contributed by atoms with Gasteiger partial charge in [-0.3, -0.25) is 9.59 Å². The molecule has 6 heteroatoms. The van der Waals surface area contributed by atoms with Crippen LogP contribution in [0.15, 0.2) is 48.5 Å². The minimum atomic E-state index is -0.900. The van der Waals surface area contributed by atoms with Gasteiger partial charge in [0.2, 0.25) is 0 Å². The lowest BCUT2D eigenvalue weighted by molar-refractivity contribution is -0.153. The van der Waals surface area contributed by atoms with Crippen molar-refractivity contribution in [3.63, 3.8) is 0 Å². The highest BCUT2D eigenvalue weighted by Gasteiger charge is 2.18. The van der Waals surface area contributed by atoms with Crippen molar-refractivity contribution in [3.05, 3.63) is 54.1 Å². The zero-order valence-electron chi connectivity index (χ0n) is 15.2. The number of rotatable bonds is 8. The van der Waals surface area contributed by atoms with E-state index in [4.69, 9.17) is 14.2 Å². The number of hydrogen-bond donors (Lipinski definition) is 1. The van der Waals surface area contributed by atoms with Gasteiger partial charge in [0.25, 0.3) is 5.91 Å². The van der Waals surface area contributed by atoms with E-state index in [0.717, 1.165) is 11.3 Å². The van der Waals surface area contributed by atoms with Crippen LogP contribution in [0.3, 0.4) is 0 Å². The summed E-state index contributed by atoms with van der Waals surface area (Å²) in [5, 5.41) is 2.68. The number of nitrogens with one attached hydrogen (secondary N) is 1. The molecule has 2 aromatic carbocycles. The summed E-state index contributed by atoms with van der Waals surface area (Å²) >= 11 is 0. The van der Waals surface area contributed by atoms with E-state index >= 15 is 0 Å². The summed E-state index contributed by atoms with van der Waals surface area (Å²) in [4.78, 5) is 24.0. The largest absolute Gasteiger partial charge is 0.497 e. The van der Waals surface area contributed by atoms with Crippen LogP contribution in [0.1, 0.15) is 18.9 Å². The van der Waals surface area contributed by atoms with Crippen LogP contribution >= 0.6 is 0 Å². The van der Waals surface area contributed by atoms with E-state index in [-0.39, 0.29) is 13.0 Å². The van der Waals surface area contributed by atoms with Gasteiger partial charge in [0.15, 0.2) is 6.10 Å². The zero-order valence-corrected chi connectivity index (χ0v) is 15.2. The van der Waals surface area contributed by atoms with Gasteiger partial charge in [-0.25, -0.2) is 0 Å². The van der Waals surface area contributed by atoms with Crippen LogP contribution in [-0.2, 0) is 14.3 Å². The molecule has 0 heterocycles. The smallest absolute Gasteiger partial charge is 0.310 e. The third-order valence-corrected chi connectivity index (χ3v) is 3.69. The lowest BCUT2D eigenvalue weighted by Crippen LogP contribution is -2.30. The number of methoxy groups -OCH3 is 1. The number of amides is 1. The van der Waals surface area contributed by atoms with Crippen LogP contribution in [-0.4, -0.2) is 31.7 Å². The third-order valence-electron chi connectivity index (χ3n) is 3.69. The maximum absolute atomic E-state index is 12.1. The van der Waals surface area contributed by atoms with Crippen molar-refractivity contribution >= 4 is 17.6 Å². The molecule has 2 aromatic rings. The first-order valence-corrected chi connectivity index (χ1v) is 8.32. The van der Waals surface area contributed by atoms with Crippen LogP contribution in [0.25, 0.3) is 0 Å². The Morgan fingerprint density at radius 2 is 1.77 bits per heavy atom. The van der Waals surface area contributed by atoms with E-state index < -0.39 is 18.0 Å². The van der Waals surface area contributed by atoms with Crippen LogP contribution in [0, 0.1) is 6.92 Å². The lowest BCUT2D eigenvalue weighted by Gasteiger charge is -2.14. The van der Waals surface area contributed by atoms with Crippen molar-refractivity contribution < 1.29 is 23.8 Å². The maximum atomic E-state index is 12.1. The van der Waals surface area contributed by atoms with Crippen molar-refractivity contribution in [2.45, 2.75) is 26.4 Å². The van der Waals surface area contributed by atoms with Crippen molar-refractivity contribution in [1.29, 1.82) is 0 Å². The van der Waals surface area contributed by atoms with E-state index in [1.165, 1.54) is 6.92 Å². The van der Waals surface area contributed by atoms with Gasteiger partial charge in [0.05, 0.1) is 20.1 Å². The molecule has 0 aliphatic carbocycles. The second-order valence-electron chi connectivity index (χ2n) is 5.71. The van der Waals surface area contributed by atoms with Gasteiger partial charge in [0, 0.05) is 5.69 Å². The summed E-state index contributed by atoms with van der Waals surface area (Å²) in [6, 6.07) is 14.4. The Balaban J connectivity index is 1.74. The molecular weight excluding hydrogens is 334 g/mol. The molecule has 1 amide bonds. The molecule has 1 N–H and O–H groups in total. The van der Waals surface area contributed by atoms with E-state index in [9.17, 15) is 9.59 Å². The predicted octanol–water partition coefficient (Wildman–Crippen LogP) is 3.34. The highest BCUT2D eigenvalue weighted by atomic mass is 16.5. The first kappa shape index (κ1) is 19.3. The minimum absolute atomic E-state index is 0.0640. The fourth-order valence-corrected chi connectivity index (χ4v) is 2.19. The molecule has 0 unspecified atom stereocenters. The SMILES string of the molecule is COc1ccc(NC(=O)[C@H](C)OC(=O)CCOc2ccccc2C)cc1. The Labute approximate surface area is 153 Å². The normalized spacial score (nSPS) is 11.3. The fourth-order valence-electron chi connectivity index (χ4n) is 2.19. The summed E-state index contributed by atoms with van der Waals surface area (Å²) in [5.74, 6) is 0.529. The summed E-state index contributed by atoms with van der Waals surface area (Å²) in [6.45, 7) is 3.65. The Bertz CT molecular complexity index is 742. The number of benzene rings is 2. The Hall–Kier alpha value is -3.02. The van der Waals surface area contributed by atoms with Gasteiger partial charge in [-0.05, 0) is 49.7 Å². The monoisotopic (exact) mass is 357 g/mol. The number of hydrogen-bond acceptors (Lipinski definition) is 5. The molecule has 0 aliphatic rings. The molecule has 0 saturated carbocycles. The van der Waals surface area contributed by atoms with E-state index in [0.29, 0.717) is 11.4 Å². The molecule has 0 aliphatic heterocycles. The third kappa shape index (κ3) is 5.81. The molecule has 0 radical (unpaired) electrons. The number of carbonyl (C=O) groups is 2. The van der Waals surface area contributed by atoms with Crippen molar-refractivity contribution in [2.75, 3.05) is 19.0 Å². The minimum Gasteiger partial charge on any atom is -0.497 e. The molecule has 0 bridgehead atoms. The van der Waals surface area contributed by atoms with Gasteiger partial charge >= 0.3 is 5.97 Å². The number of para-hydroxylation sites is 1. The average molecular weight is 357 g/mol. The second kappa shape index (κ2) is 9.46. The van der Waals surface area contributed by atoms with Gasteiger partial charge in [-0.15, -0.1) is 0 Å². The molecule has 0 saturated heterocycles. The van der Waals surface area contributed by atoms with E-state index in [2.05, 4.69) is 5.32 Å². The van der Waals surface area contributed by atoms with Gasteiger partial charge < -0.3 is 19.5 Å². The van der Waals surface area contributed by atoms with Gasteiger partial charge in [-0.1, -0.05) is 18.2 Å². The number of esters is 1. The van der Waals surface area contributed by atoms with E-state index in [1.807, 2.05) is 31.2 Å². The van der Waals surface area contributed by atoms with Gasteiger partial charge in [-0.2, -0.15) is 0 Å². The van der Waals surface area contributed by atoms with Crippen molar-refractivity contribution in [1.82, 2.24) is 0 Å². The summed E-state index contributed by atoms with van der Waals surface area (Å²) in [5.41, 5.74) is 1.59. The summed E-state index contributed by atoms with van der Waals surface area (Å²) < 4.78 is 15.8. The number of anilines is 1. The first-order chi connectivity index (χ1) is 12.5. The fraction of sp³-hybridized carbons (Fsp3) is 0.300. The second-order valence-corrected chi connectivity index (χ2v) is 5.71. The molecule has 6 nitrogen and oxygen atoms in total.